The molecule has 0 radical (unpaired) electrons. The van der Waals surface area contributed by atoms with Gasteiger partial charge in [0.05, 0.1) is 6.20 Å². The van der Waals surface area contributed by atoms with Crippen LogP contribution >= 0.6 is 11.6 Å². The molecule has 0 saturated carbocycles. The first-order valence-corrected chi connectivity index (χ1v) is 4.87. The molecule has 1 heterocycles. The van der Waals surface area contributed by atoms with E-state index in [1.54, 1.807) is 24.3 Å². The van der Waals surface area contributed by atoms with Crippen LogP contribution < -0.4 is 10.2 Å². The molecule has 1 aromatic carbocycles. The third-order valence-corrected chi connectivity index (χ3v) is 2.03. The molecular weight excluding hydrogens is 230 g/mol. The highest BCUT2D eigenvalue weighted by atomic mass is 35.5. The monoisotopic (exact) mass is 237 g/mol. The van der Waals surface area contributed by atoms with E-state index in [2.05, 4.69) is 10.4 Å². The Morgan fingerprint density at radius 2 is 2.06 bits per heavy atom. The summed E-state index contributed by atoms with van der Waals surface area (Å²) in [7, 11) is 0. The molecule has 2 rings (SSSR count). The van der Waals surface area contributed by atoms with E-state index in [1.807, 2.05) is 6.07 Å². The van der Waals surface area contributed by atoms with Crippen LogP contribution in [-0.2, 0) is 0 Å². The number of para-hydroxylation sites is 1. The number of hydrogen-bond acceptors (Lipinski definition) is 3. The number of benzene rings is 1. The largest absolute Gasteiger partial charge is 0.437 e. The van der Waals surface area contributed by atoms with Crippen molar-refractivity contribution >= 4 is 23.4 Å². The number of nitrogens with zero attached hydrogens (tertiary/aromatic N) is 2. The van der Waals surface area contributed by atoms with E-state index in [9.17, 15) is 4.79 Å². The van der Waals surface area contributed by atoms with E-state index in [1.165, 1.54) is 12.3 Å². The molecule has 0 aliphatic heterocycles. The quantitative estimate of drug-likeness (QED) is 0.871. The van der Waals surface area contributed by atoms with Gasteiger partial charge in [-0.3, -0.25) is 10.2 Å². The van der Waals surface area contributed by atoms with Crippen molar-refractivity contribution in [3.8, 4) is 0 Å². The third kappa shape index (κ3) is 2.52. The Hall–Kier alpha value is -2.01. The van der Waals surface area contributed by atoms with Gasteiger partial charge >= 0.3 is 6.09 Å². The van der Waals surface area contributed by atoms with Crippen LogP contribution in [-0.4, -0.2) is 16.0 Å². The smallest absolute Gasteiger partial charge is 0.297 e. The molecule has 1 amide bonds. The maximum Gasteiger partial charge on any atom is 0.437 e. The first-order chi connectivity index (χ1) is 7.75. The van der Waals surface area contributed by atoms with Crippen LogP contribution in [0.4, 0.5) is 10.5 Å². The molecule has 0 aliphatic carbocycles. The van der Waals surface area contributed by atoms with Crippen molar-refractivity contribution in [1.29, 1.82) is 0 Å². The maximum absolute atomic E-state index is 11.4. The number of nitrogens with one attached hydrogen (secondary N) is 1. The Kier molecular flexibility index (Phi) is 3.07. The fraction of sp³-hybridized carbons (Fsp3) is 0. The van der Waals surface area contributed by atoms with Crippen LogP contribution in [0.3, 0.4) is 0 Å². The van der Waals surface area contributed by atoms with E-state index in [0.717, 1.165) is 4.85 Å². The summed E-state index contributed by atoms with van der Waals surface area (Å²) < 4.78 is 0. The third-order valence-electron chi connectivity index (χ3n) is 1.76. The van der Waals surface area contributed by atoms with Crippen molar-refractivity contribution in [2.24, 2.45) is 0 Å². The van der Waals surface area contributed by atoms with Crippen LogP contribution in [0.1, 0.15) is 0 Å². The summed E-state index contributed by atoms with van der Waals surface area (Å²) in [6.07, 6.45) is 0.773. The summed E-state index contributed by atoms with van der Waals surface area (Å²) in [6, 6.07) is 10.4. The number of carbonyl (C=O) groups excluding carboxylic acids is 1. The van der Waals surface area contributed by atoms with E-state index in [-0.39, 0.29) is 5.15 Å². The molecule has 0 unspecified atom stereocenters. The van der Waals surface area contributed by atoms with Crippen molar-refractivity contribution in [2.75, 3.05) is 5.32 Å². The Bertz CT molecular complexity index is 484. The van der Waals surface area contributed by atoms with Crippen molar-refractivity contribution in [3.05, 3.63) is 47.7 Å². The number of halogens is 1. The number of aromatic nitrogens is 2. The van der Waals surface area contributed by atoms with Gasteiger partial charge in [-0.25, -0.2) is 4.79 Å². The first-order valence-electron chi connectivity index (χ1n) is 4.49. The van der Waals surface area contributed by atoms with Gasteiger partial charge in [-0.2, -0.15) is 0 Å². The summed E-state index contributed by atoms with van der Waals surface area (Å²) >= 11 is 5.68. The second-order valence-corrected chi connectivity index (χ2v) is 3.28. The Morgan fingerprint density at radius 1 is 1.31 bits per heavy atom. The highest BCUT2D eigenvalue weighted by Gasteiger charge is 2.07. The Labute approximate surface area is 96.5 Å². The normalized spacial score (nSPS) is 9.81. The molecule has 16 heavy (non-hydrogen) atoms. The number of hydrogen-bond donors (Lipinski definition) is 1. The highest BCUT2D eigenvalue weighted by molar-refractivity contribution is 6.29. The molecule has 2 aromatic rings. The maximum atomic E-state index is 11.4. The standard InChI is InChI=1S/C10H8ClN3O2/c11-9-6-7-12-14(9)16-10(15)13-8-4-2-1-3-5-8/h1-7H,(H,13,15). The van der Waals surface area contributed by atoms with Gasteiger partial charge in [0.1, 0.15) is 0 Å². The van der Waals surface area contributed by atoms with Crippen LogP contribution in [0.2, 0.25) is 5.15 Å². The summed E-state index contributed by atoms with van der Waals surface area (Å²) in [5.41, 5.74) is 0.635. The highest BCUT2D eigenvalue weighted by Crippen LogP contribution is 2.06. The van der Waals surface area contributed by atoms with Gasteiger partial charge < -0.3 is 0 Å². The molecular formula is C10H8ClN3O2. The average Bonchev–Trinajstić information content (AvgIpc) is 2.66. The number of carbonyl (C=O) groups is 1. The predicted molar refractivity (Wildman–Crippen MR) is 59.3 cm³/mol. The minimum absolute atomic E-state index is 0.225. The lowest BCUT2D eigenvalue weighted by Gasteiger charge is -2.05. The second-order valence-electron chi connectivity index (χ2n) is 2.90. The fourth-order valence-electron chi connectivity index (χ4n) is 1.08. The summed E-state index contributed by atoms with van der Waals surface area (Å²) in [5.74, 6) is 0. The van der Waals surface area contributed by atoms with Crippen molar-refractivity contribution in [3.63, 3.8) is 0 Å². The molecule has 5 nitrogen and oxygen atoms in total. The van der Waals surface area contributed by atoms with Gasteiger partial charge in [0.2, 0.25) is 0 Å². The molecule has 6 heteroatoms. The molecule has 1 N–H and O–H groups in total. The van der Waals surface area contributed by atoms with Gasteiger partial charge in [0.25, 0.3) is 0 Å². The summed E-state index contributed by atoms with van der Waals surface area (Å²) in [6.45, 7) is 0. The zero-order valence-electron chi connectivity index (χ0n) is 8.13. The number of amides is 1. The molecule has 0 bridgehead atoms. The minimum Gasteiger partial charge on any atom is -0.297 e. The van der Waals surface area contributed by atoms with Crippen LogP contribution in [0.15, 0.2) is 42.6 Å². The fourth-order valence-corrected chi connectivity index (χ4v) is 1.22. The SMILES string of the molecule is O=C(Nc1ccccc1)On1nccc1Cl. The summed E-state index contributed by atoms with van der Waals surface area (Å²) in [4.78, 5) is 17.1. The van der Waals surface area contributed by atoms with E-state index in [0.29, 0.717) is 5.69 Å². The second kappa shape index (κ2) is 4.67. The van der Waals surface area contributed by atoms with Gasteiger partial charge in [-0.05, 0) is 18.2 Å². The Balaban J connectivity index is 1.98. The van der Waals surface area contributed by atoms with Gasteiger partial charge in [-0.15, -0.1) is 5.10 Å². The van der Waals surface area contributed by atoms with Gasteiger partial charge in [-0.1, -0.05) is 34.6 Å². The van der Waals surface area contributed by atoms with Crippen LogP contribution in [0, 0.1) is 0 Å². The molecule has 0 aliphatic rings. The minimum atomic E-state index is -0.656. The molecule has 0 fully saturated rings. The van der Waals surface area contributed by atoms with Gasteiger partial charge in [0.15, 0.2) is 5.15 Å². The van der Waals surface area contributed by atoms with Gasteiger partial charge in [0, 0.05) is 5.69 Å². The molecule has 0 atom stereocenters. The van der Waals surface area contributed by atoms with E-state index in [4.69, 9.17) is 16.4 Å². The number of anilines is 1. The zero-order valence-corrected chi connectivity index (χ0v) is 8.89. The van der Waals surface area contributed by atoms with Crippen molar-refractivity contribution in [2.45, 2.75) is 0 Å². The predicted octanol–water partition coefficient (Wildman–Crippen LogP) is 2.20. The zero-order chi connectivity index (χ0) is 11.4. The lowest BCUT2D eigenvalue weighted by molar-refractivity contribution is 0.130. The molecule has 1 aromatic heterocycles. The molecule has 0 spiro atoms. The van der Waals surface area contributed by atoms with Crippen molar-refractivity contribution < 1.29 is 9.63 Å². The topological polar surface area (TPSA) is 56.1 Å². The summed E-state index contributed by atoms with van der Waals surface area (Å²) in [5, 5.41) is 6.45. The number of rotatable bonds is 2. The van der Waals surface area contributed by atoms with Crippen LogP contribution in [0.5, 0.6) is 0 Å². The Morgan fingerprint density at radius 3 is 2.69 bits per heavy atom. The van der Waals surface area contributed by atoms with Crippen molar-refractivity contribution in [1.82, 2.24) is 9.94 Å². The lowest BCUT2D eigenvalue weighted by Crippen LogP contribution is -2.25. The lowest BCUT2D eigenvalue weighted by atomic mass is 10.3. The average molecular weight is 238 g/mol. The molecule has 0 saturated heterocycles. The first kappa shape index (κ1) is 10.5. The molecule has 82 valence electrons. The van der Waals surface area contributed by atoms with E-state index < -0.39 is 6.09 Å². The van der Waals surface area contributed by atoms with Crippen LogP contribution in [0.25, 0.3) is 0 Å². The van der Waals surface area contributed by atoms with E-state index >= 15 is 0 Å².